The number of hydrogen-bond donors (Lipinski definition) is 1. The maximum Gasteiger partial charge on any atom is 0.435 e. The van der Waals surface area contributed by atoms with Crippen molar-refractivity contribution in [3.05, 3.63) is 17.5 Å². The molecule has 0 aliphatic carbocycles. The van der Waals surface area contributed by atoms with Crippen LogP contribution in [-0.4, -0.2) is 46.3 Å². The molecule has 0 bridgehead atoms. The minimum Gasteiger partial charge on any atom is -0.350 e. The standard InChI is InChI=1S/C14H21F3N4O/c1-3-10(21-6-4-5-7-21)8-18-13(22)11-9-20(2)19-12(11)14(15,16)17/h9-10H,3-8H2,1-2H3,(H,18,22)/t10-/m1/s1. The second kappa shape index (κ2) is 6.68. The van der Waals surface area contributed by atoms with E-state index in [9.17, 15) is 18.0 Å². The second-order valence-electron chi connectivity index (χ2n) is 5.58. The Balaban J connectivity index is 2.03. The lowest BCUT2D eigenvalue weighted by Crippen LogP contribution is -2.42. The Hall–Kier alpha value is -1.57. The Bertz CT molecular complexity index is 521. The number of rotatable bonds is 5. The third-order valence-corrected chi connectivity index (χ3v) is 3.97. The van der Waals surface area contributed by atoms with E-state index in [2.05, 4.69) is 15.3 Å². The molecule has 0 unspecified atom stereocenters. The van der Waals surface area contributed by atoms with Crippen molar-refractivity contribution in [2.45, 2.75) is 38.4 Å². The van der Waals surface area contributed by atoms with E-state index in [1.54, 1.807) is 0 Å². The van der Waals surface area contributed by atoms with Crippen molar-refractivity contribution in [2.75, 3.05) is 19.6 Å². The first-order chi connectivity index (χ1) is 10.3. The van der Waals surface area contributed by atoms with Crippen molar-refractivity contribution in [2.24, 2.45) is 7.05 Å². The Morgan fingerprint density at radius 2 is 2.05 bits per heavy atom. The molecule has 1 aromatic rings. The van der Waals surface area contributed by atoms with Crippen molar-refractivity contribution in [3.8, 4) is 0 Å². The molecule has 1 amide bonds. The third-order valence-electron chi connectivity index (χ3n) is 3.97. The van der Waals surface area contributed by atoms with Crippen LogP contribution in [0.2, 0.25) is 0 Å². The summed E-state index contributed by atoms with van der Waals surface area (Å²) in [5.41, 5.74) is -1.56. The summed E-state index contributed by atoms with van der Waals surface area (Å²) in [4.78, 5) is 14.3. The zero-order chi connectivity index (χ0) is 16.3. The van der Waals surface area contributed by atoms with Gasteiger partial charge in [0.1, 0.15) is 0 Å². The highest BCUT2D eigenvalue weighted by atomic mass is 19.4. The van der Waals surface area contributed by atoms with Crippen molar-refractivity contribution in [1.82, 2.24) is 20.0 Å². The molecule has 1 atom stereocenters. The molecule has 1 fully saturated rings. The molecule has 124 valence electrons. The predicted molar refractivity (Wildman–Crippen MR) is 75.4 cm³/mol. The molecule has 8 heteroatoms. The lowest BCUT2D eigenvalue weighted by Gasteiger charge is -2.26. The molecule has 1 aliphatic heterocycles. The summed E-state index contributed by atoms with van der Waals surface area (Å²) in [6.07, 6.45) is -0.419. The smallest absolute Gasteiger partial charge is 0.350 e. The van der Waals surface area contributed by atoms with Crippen LogP contribution >= 0.6 is 0 Å². The van der Waals surface area contributed by atoms with Crippen LogP contribution in [0.1, 0.15) is 42.2 Å². The number of halogens is 3. The SMILES string of the molecule is CC[C@H](CNC(=O)c1cn(C)nc1C(F)(F)F)N1CCCC1. The van der Waals surface area contributed by atoms with Crippen molar-refractivity contribution < 1.29 is 18.0 Å². The molecule has 22 heavy (non-hydrogen) atoms. The van der Waals surface area contributed by atoms with Gasteiger partial charge in [0, 0.05) is 25.8 Å². The van der Waals surface area contributed by atoms with E-state index in [0.717, 1.165) is 43.2 Å². The van der Waals surface area contributed by atoms with Crippen LogP contribution in [0.25, 0.3) is 0 Å². The van der Waals surface area contributed by atoms with Gasteiger partial charge in [0.2, 0.25) is 0 Å². The average Bonchev–Trinajstić information content (AvgIpc) is 3.08. The third kappa shape index (κ3) is 3.79. The van der Waals surface area contributed by atoms with Crippen LogP contribution in [-0.2, 0) is 13.2 Å². The summed E-state index contributed by atoms with van der Waals surface area (Å²) in [5, 5.41) is 5.97. The molecule has 1 aliphatic rings. The van der Waals surface area contributed by atoms with Crippen LogP contribution in [0.15, 0.2) is 6.20 Å². The van der Waals surface area contributed by atoms with Crippen LogP contribution < -0.4 is 5.32 Å². The van der Waals surface area contributed by atoms with Crippen LogP contribution in [0.3, 0.4) is 0 Å². The number of aryl methyl sites for hydroxylation is 1. The van der Waals surface area contributed by atoms with Gasteiger partial charge in [-0.25, -0.2) is 0 Å². The Labute approximate surface area is 127 Å². The van der Waals surface area contributed by atoms with Gasteiger partial charge >= 0.3 is 6.18 Å². The molecule has 5 nitrogen and oxygen atoms in total. The normalized spacial score (nSPS) is 17.7. The zero-order valence-electron chi connectivity index (χ0n) is 12.8. The molecular formula is C14H21F3N4O. The number of carbonyl (C=O) groups excluding carboxylic acids is 1. The zero-order valence-corrected chi connectivity index (χ0v) is 12.8. The van der Waals surface area contributed by atoms with E-state index in [1.807, 2.05) is 6.92 Å². The van der Waals surface area contributed by atoms with E-state index < -0.39 is 23.3 Å². The fourth-order valence-electron chi connectivity index (χ4n) is 2.81. The quantitative estimate of drug-likeness (QED) is 0.904. The van der Waals surface area contributed by atoms with E-state index in [-0.39, 0.29) is 6.04 Å². The summed E-state index contributed by atoms with van der Waals surface area (Å²) >= 11 is 0. The summed E-state index contributed by atoms with van der Waals surface area (Å²) in [6, 6.07) is 0.164. The monoisotopic (exact) mass is 318 g/mol. The Morgan fingerprint density at radius 3 is 2.59 bits per heavy atom. The highest BCUT2D eigenvalue weighted by molar-refractivity contribution is 5.95. The largest absolute Gasteiger partial charge is 0.435 e. The summed E-state index contributed by atoms with van der Waals surface area (Å²) in [5.74, 6) is -0.724. The molecule has 0 aromatic carbocycles. The van der Waals surface area contributed by atoms with E-state index in [0.29, 0.717) is 6.54 Å². The number of hydrogen-bond acceptors (Lipinski definition) is 3. The summed E-state index contributed by atoms with van der Waals surface area (Å²) in [6.45, 7) is 4.33. The van der Waals surface area contributed by atoms with Crippen LogP contribution in [0, 0.1) is 0 Å². The number of nitrogens with zero attached hydrogens (tertiary/aromatic N) is 3. The number of aromatic nitrogens is 2. The molecule has 1 aromatic heterocycles. The van der Waals surface area contributed by atoms with Gasteiger partial charge in [-0.2, -0.15) is 18.3 Å². The van der Waals surface area contributed by atoms with Crippen molar-refractivity contribution in [3.63, 3.8) is 0 Å². The highest BCUT2D eigenvalue weighted by Crippen LogP contribution is 2.30. The molecule has 2 heterocycles. The molecule has 1 N–H and O–H groups in total. The molecule has 1 saturated heterocycles. The second-order valence-corrected chi connectivity index (χ2v) is 5.58. The lowest BCUT2D eigenvalue weighted by molar-refractivity contribution is -0.141. The lowest BCUT2D eigenvalue weighted by atomic mass is 10.1. The average molecular weight is 318 g/mol. The van der Waals surface area contributed by atoms with Gasteiger partial charge in [-0.05, 0) is 32.4 Å². The summed E-state index contributed by atoms with van der Waals surface area (Å²) < 4.78 is 39.6. The molecule has 0 spiro atoms. The van der Waals surface area contributed by atoms with Gasteiger partial charge in [-0.3, -0.25) is 14.4 Å². The molecule has 0 saturated carbocycles. The van der Waals surface area contributed by atoms with Crippen LogP contribution in [0.5, 0.6) is 0 Å². The number of carbonyl (C=O) groups is 1. The first-order valence-electron chi connectivity index (χ1n) is 7.46. The molecule has 0 radical (unpaired) electrons. The van der Waals surface area contributed by atoms with Crippen molar-refractivity contribution >= 4 is 5.91 Å². The van der Waals surface area contributed by atoms with Crippen LogP contribution in [0.4, 0.5) is 13.2 Å². The first kappa shape index (κ1) is 16.8. The molecule has 2 rings (SSSR count). The van der Waals surface area contributed by atoms with Gasteiger partial charge in [0.25, 0.3) is 5.91 Å². The Kier molecular flexibility index (Phi) is 5.10. The number of likely N-dealkylation sites (tertiary alicyclic amines) is 1. The van der Waals surface area contributed by atoms with Gasteiger partial charge < -0.3 is 5.32 Å². The summed E-state index contributed by atoms with van der Waals surface area (Å²) in [7, 11) is 1.37. The van der Waals surface area contributed by atoms with E-state index in [1.165, 1.54) is 7.05 Å². The van der Waals surface area contributed by atoms with Gasteiger partial charge in [-0.1, -0.05) is 6.92 Å². The number of alkyl halides is 3. The van der Waals surface area contributed by atoms with Gasteiger partial charge in [0.15, 0.2) is 5.69 Å². The fourth-order valence-corrected chi connectivity index (χ4v) is 2.81. The van der Waals surface area contributed by atoms with Crippen molar-refractivity contribution in [1.29, 1.82) is 0 Å². The molecular weight excluding hydrogens is 297 g/mol. The predicted octanol–water partition coefficient (Wildman–Crippen LogP) is 2.04. The highest BCUT2D eigenvalue weighted by Gasteiger charge is 2.39. The van der Waals surface area contributed by atoms with E-state index in [4.69, 9.17) is 0 Å². The van der Waals surface area contributed by atoms with E-state index >= 15 is 0 Å². The number of nitrogens with one attached hydrogen (secondary N) is 1. The topological polar surface area (TPSA) is 50.2 Å². The van der Waals surface area contributed by atoms with Gasteiger partial charge in [-0.15, -0.1) is 0 Å². The maximum atomic E-state index is 12.9. The van der Waals surface area contributed by atoms with Gasteiger partial charge in [0.05, 0.1) is 5.56 Å². The minimum absolute atomic E-state index is 0.164. The fraction of sp³-hybridized carbons (Fsp3) is 0.714. The number of amides is 1. The maximum absolute atomic E-state index is 12.9. The Morgan fingerprint density at radius 1 is 1.41 bits per heavy atom. The minimum atomic E-state index is -4.63. The first-order valence-corrected chi connectivity index (χ1v) is 7.46.